The molecule has 2 N–H and O–H groups in total. The Morgan fingerprint density at radius 2 is 2.00 bits per heavy atom. The molecule has 4 nitrogen and oxygen atoms in total. The lowest BCUT2D eigenvalue weighted by Crippen LogP contribution is -2.31. The van der Waals surface area contributed by atoms with Gasteiger partial charge in [-0.3, -0.25) is 4.79 Å². The lowest BCUT2D eigenvalue weighted by atomic mass is 10.2. The maximum Gasteiger partial charge on any atom is 0.265 e. The largest absolute Gasteiger partial charge is 0.336 e. The fourth-order valence-corrected chi connectivity index (χ4v) is 3.59. The minimum Gasteiger partial charge on any atom is -0.336 e. The van der Waals surface area contributed by atoms with E-state index >= 15 is 0 Å². The molecule has 1 aromatic heterocycles. The second kappa shape index (κ2) is 8.31. The monoisotopic (exact) mass is 393 g/mol. The van der Waals surface area contributed by atoms with Gasteiger partial charge >= 0.3 is 0 Å². The quantitative estimate of drug-likeness (QED) is 0.843. The Morgan fingerprint density at radius 3 is 2.57 bits per heavy atom. The molecular formula is C15H18Cl3N3OS. The van der Waals surface area contributed by atoms with E-state index in [0.29, 0.717) is 16.4 Å². The summed E-state index contributed by atoms with van der Waals surface area (Å²) in [5.41, 5.74) is 7.62. The van der Waals surface area contributed by atoms with Gasteiger partial charge < -0.3 is 10.6 Å². The first-order valence-corrected chi connectivity index (χ1v) is 8.02. The van der Waals surface area contributed by atoms with E-state index in [0.717, 1.165) is 29.2 Å². The van der Waals surface area contributed by atoms with Crippen LogP contribution in [-0.2, 0) is 0 Å². The van der Waals surface area contributed by atoms with E-state index in [1.807, 2.05) is 36.1 Å². The van der Waals surface area contributed by atoms with Crippen LogP contribution in [0.25, 0.3) is 10.6 Å². The summed E-state index contributed by atoms with van der Waals surface area (Å²) in [5.74, 6) is 0.0400. The van der Waals surface area contributed by atoms with Gasteiger partial charge in [-0.15, -0.1) is 36.2 Å². The molecule has 1 atom stereocenters. The minimum atomic E-state index is 0. The highest BCUT2D eigenvalue weighted by Gasteiger charge is 2.27. The molecule has 1 saturated heterocycles. The Labute approximate surface area is 156 Å². The normalized spacial score (nSPS) is 16.7. The smallest absolute Gasteiger partial charge is 0.265 e. The van der Waals surface area contributed by atoms with Crippen LogP contribution in [0.5, 0.6) is 0 Å². The number of hydrogen-bond acceptors (Lipinski definition) is 4. The summed E-state index contributed by atoms with van der Waals surface area (Å²) in [4.78, 5) is 19.6. The van der Waals surface area contributed by atoms with Crippen molar-refractivity contribution in [2.24, 2.45) is 5.73 Å². The van der Waals surface area contributed by atoms with E-state index in [2.05, 4.69) is 4.98 Å². The first kappa shape index (κ1) is 20.2. The lowest BCUT2D eigenvalue weighted by Gasteiger charge is -2.14. The SMILES string of the molecule is Cc1nc(-c2ccc(Cl)cc2)sc1C(=O)N1CC[C@@H](N)C1.Cl.Cl. The van der Waals surface area contributed by atoms with Crippen LogP contribution in [0.15, 0.2) is 24.3 Å². The number of carbonyl (C=O) groups excluding carboxylic acids is 1. The molecule has 126 valence electrons. The van der Waals surface area contributed by atoms with Crippen molar-refractivity contribution in [2.75, 3.05) is 13.1 Å². The average molecular weight is 395 g/mol. The highest BCUT2D eigenvalue weighted by molar-refractivity contribution is 7.17. The van der Waals surface area contributed by atoms with Crippen molar-refractivity contribution in [1.29, 1.82) is 0 Å². The van der Waals surface area contributed by atoms with E-state index in [9.17, 15) is 4.79 Å². The average Bonchev–Trinajstić information content (AvgIpc) is 3.05. The van der Waals surface area contributed by atoms with Gasteiger partial charge in [0.1, 0.15) is 9.88 Å². The molecule has 0 spiro atoms. The number of thiazole rings is 1. The molecular weight excluding hydrogens is 377 g/mol. The van der Waals surface area contributed by atoms with Gasteiger partial charge in [-0.1, -0.05) is 23.7 Å². The van der Waals surface area contributed by atoms with Gasteiger partial charge in [0.2, 0.25) is 0 Å². The molecule has 1 aliphatic rings. The highest BCUT2D eigenvalue weighted by atomic mass is 35.5. The van der Waals surface area contributed by atoms with Crippen LogP contribution >= 0.6 is 47.8 Å². The molecule has 1 amide bonds. The Kier molecular flexibility index (Phi) is 7.29. The summed E-state index contributed by atoms with van der Waals surface area (Å²) >= 11 is 7.32. The predicted molar refractivity (Wildman–Crippen MR) is 100 cm³/mol. The Hall–Kier alpha value is -0.850. The molecule has 3 rings (SSSR count). The summed E-state index contributed by atoms with van der Waals surface area (Å²) in [7, 11) is 0. The number of likely N-dealkylation sites (tertiary alicyclic amines) is 1. The van der Waals surface area contributed by atoms with Crippen LogP contribution < -0.4 is 5.73 Å². The van der Waals surface area contributed by atoms with Gasteiger partial charge in [-0.2, -0.15) is 0 Å². The first-order chi connectivity index (χ1) is 10.0. The summed E-state index contributed by atoms with van der Waals surface area (Å²) < 4.78 is 0. The third-order valence-corrected chi connectivity index (χ3v) is 5.04. The molecule has 0 bridgehead atoms. The van der Waals surface area contributed by atoms with Crippen LogP contribution in [0.4, 0.5) is 0 Å². The Morgan fingerprint density at radius 1 is 1.35 bits per heavy atom. The van der Waals surface area contributed by atoms with Crippen molar-refractivity contribution >= 4 is 53.7 Å². The number of aromatic nitrogens is 1. The summed E-state index contributed by atoms with van der Waals surface area (Å²) in [6, 6.07) is 7.59. The maximum atomic E-state index is 12.5. The number of benzene rings is 1. The molecule has 1 aliphatic heterocycles. The molecule has 0 saturated carbocycles. The summed E-state index contributed by atoms with van der Waals surface area (Å²) in [6.45, 7) is 3.24. The van der Waals surface area contributed by atoms with Gasteiger partial charge in [0.15, 0.2) is 0 Å². The third kappa shape index (κ3) is 4.37. The molecule has 0 radical (unpaired) electrons. The Balaban J connectivity index is 0.00000132. The number of aryl methyl sites for hydroxylation is 1. The van der Waals surface area contributed by atoms with Gasteiger partial charge in [-0.05, 0) is 25.5 Å². The molecule has 0 unspecified atom stereocenters. The van der Waals surface area contributed by atoms with E-state index in [4.69, 9.17) is 17.3 Å². The number of hydrogen-bond donors (Lipinski definition) is 1. The van der Waals surface area contributed by atoms with Crippen molar-refractivity contribution in [3.63, 3.8) is 0 Å². The van der Waals surface area contributed by atoms with Gasteiger partial charge in [0.25, 0.3) is 5.91 Å². The van der Waals surface area contributed by atoms with Gasteiger partial charge in [0, 0.05) is 29.7 Å². The van der Waals surface area contributed by atoms with E-state index in [1.165, 1.54) is 11.3 Å². The summed E-state index contributed by atoms with van der Waals surface area (Å²) in [5, 5.41) is 1.53. The molecule has 2 heterocycles. The number of nitrogens with two attached hydrogens (primary N) is 1. The number of nitrogens with zero attached hydrogens (tertiary/aromatic N) is 2. The summed E-state index contributed by atoms with van der Waals surface area (Å²) in [6.07, 6.45) is 0.869. The van der Waals surface area contributed by atoms with Crippen LogP contribution in [0.3, 0.4) is 0 Å². The topological polar surface area (TPSA) is 59.2 Å². The number of carbonyl (C=O) groups is 1. The third-order valence-electron chi connectivity index (χ3n) is 3.59. The van der Waals surface area contributed by atoms with Crippen LogP contribution in [-0.4, -0.2) is 34.9 Å². The fourth-order valence-electron chi connectivity index (χ4n) is 2.43. The molecule has 2 aromatic rings. The second-order valence-electron chi connectivity index (χ2n) is 5.24. The van der Waals surface area contributed by atoms with E-state index in [1.54, 1.807) is 0 Å². The van der Waals surface area contributed by atoms with Crippen LogP contribution in [0, 0.1) is 6.92 Å². The molecule has 0 aliphatic carbocycles. The predicted octanol–water partition coefficient (Wildman–Crippen LogP) is 3.79. The Bertz CT molecular complexity index is 675. The van der Waals surface area contributed by atoms with E-state index in [-0.39, 0.29) is 36.8 Å². The minimum absolute atomic E-state index is 0. The van der Waals surface area contributed by atoms with Crippen LogP contribution in [0.1, 0.15) is 21.8 Å². The van der Waals surface area contributed by atoms with Crippen molar-refractivity contribution in [2.45, 2.75) is 19.4 Å². The lowest BCUT2D eigenvalue weighted by molar-refractivity contribution is 0.0794. The van der Waals surface area contributed by atoms with Gasteiger partial charge in [-0.25, -0.2) is 4.98 Å². The fraction of sp³-hybridized carbons (Fsp3) is 0.333. The standard InChI is InChI=1S/C15H16ClN3OS.2ClH/c1-9-13(15(20)19-7-6-12(17)8-19)21-14(18-9)10-2-4-11(16)5-3-10;;/h2-5,12H,6-8,17H2,1H3;2*1H/t12-;;/m1../s1. The van der Waals surface area contributed by atoms with Crippen LogP contribution in [0.2, 0.25) is 5.02 Å². The van der Waals surface area contributed by atoms with Crippen molar-refractivity contribution in [3.05, 3.63) is 39.9 Å². The van der Waals surface area contributed by atoms with Gasteiger partial charge in [0.05, 0.1) is 5.69 Å². The molecule has 23 heavy (non-hydrogen) atoms. The maximum absolute atomic E-state index is 12.5. The zero-order valence-corrected chi connectivity index (χ0v) is 15.7. The molecule has 1 fully saturated rings. The zero-order valence-electron chi connectivity index (χ0n) is 12.5. The van der Waals surface area contributed by atoms with E-state index < -0.39 is 0 Å². The zero-order chi connectivity index (χ0) is 15.0. The molecule has 8 heteroatoms. The first-order valence-electron chi connectivity index (χ1n) is 6.83. The molecule has 1 aromatic carbocycles. The van der Waals surface area contributed by atoms with Crippen molar-refractivity contribution < 1.29 is 4.79 Å². The second-order valence-corrected chi connectivity index (χ2v) is 6.68. The number of rotatable bonds is 2. The number of amides is 1. The van der Waals surface area contributed by atoms with Crippen molar-refractivity contribution in [1.82, 2.24) is 9.88 Å². The highest BCUT2D eigenvalue weighted by Crippen LogP contribution is 2.30. The number of halogens is 3. The van der Waals surface area contributed by atoms with Crippen molar-refractivity contribution in [3.8, 4) is 10.6 Å².